The Balaban J connectivity index is 2.09. The minimum absolute atomic E-state index is 0.267. The maximum absolute atomic E-state index is 6.85. The van der Waals surface area contributed by atoms with Crippen LogP contribution in [0.5, 0.6) is 0 Å². The van der Waals surface area contributed by atoms with Crippen LogP contribution in [0, 0.1) is 35.5 Å². The van der Waals surface area contributed by atoms with Crippen molar-refractivity contribution in [1.82, 2.24) is 0 Å². The highest BCUT2D eigenvalue weighted by atomic mass is 28.4. The second kappa shape index (κ2) is 11.2. The zero-order chi connectivity index (χ0) is 21.5. The minimum atomic E-state index is -1.75. The van der Waals surface area contributed by atoms with Crippen LogP contribution in [-0.2, 0) is 4.43 Å². The van der Waals surface area contributed by atoms with E-state index in [2.05, 4.69) is 71.7 Å². The molecule has 0 aromatic rings. The van der Waals surface area contributed by atoms with Gasteiger partial charge in [0.05, 0.1) is 6.10 Å². The van der Waals surface area contributed by atoms with Crippen molar-refractivity contribution in [2.45, 2.75) is 123 Å². The Labute approximate surface area is 183 Å². The lowest BCUT2D eigenvalue weighted by Gasteiger charge is -2.39. The van der Waals surface area contributed by atoms with E-state index in [0.29, 0.717) is 11.8 Å². The van der Waals surface area contributed by atoms with Crippen LogP contribution in [0.2, 0.25) is 18.1 Å². The van der Waals surface area contributed by atoms with Crippen LogP contribution in [0.15, 0.2) is 12.2 Å². The maximum atomic E-state index is 6.85. The highest BCUT2D eigenvalue weighted by molar-refractivity contribution is 6.74. The summed E-state index contributed by atoms with van der Waals surface area (Å²) >= 11 is 0. The van der Waals surface area contributed by atoms with Gasteiger partial charge in [-0.3, -0.25) is 0 Å². The van der Waals surface area contributed by atoms with Crippen molar-refractivity contribution in [2.24, 2.45) is 23.7 Å². The third-order valence-electron chi connectivity index (χ3n) is 7.80. The summed E-state index contributed by atoms with van der Waals surface area (Å²) in [7, 11) is -1.75. The van der Waals surface area contributed by atoms with Gasteiger partial charge < -0.3 is 4.43 Å². The van der Waals surface area contributed by atoms with E-state index in [4.69, 9.17) is 4.43 Å². The predicted molar refractivity (Wildman–Crippen MR) is 130 cm³/mol. The monoisotopic (exact) mass is 416 g/mol. The van der Waals surface area contributed by atoms with Crippen molar-refractivity contribution >= 4 is 8.32 Å². The summed E-state index contributed by atoms with van der Waals surface area (Å²) in [6.45, 7) is 16.4. The summed E-state index contributed by atoms with van der Waals surface area (Å²) in [5.41, 5.74) is 0. The minimum Gasteiger partial charge on any atom is -0.411 e. The molecule has 2 bridgehead atoms. The van der Waals surface area contributed by atoms with Gasteiger partial charge in [-0.1, -0.05) is 78.4 Å². The summed E-state index contributed by atoms with van der Waals surface area (Å²) in [6.07, 6.45) is 18.1. The van der Waals surface area contributed by atoms with Gasteiger partial charge in [-0.25, -0.2) is 0 Å². The van der Waals surface area contributed by atoms with E-state index < -0.39 is 8.32 Å². The molecule has 0 spiro atoms. The van der Waals surface area contributed by atoms with E-state index in [9.17, 15) is 0 Å². The van der Waals surface area contributed by atoms with Gasteiger partial charge in [-0.05, 0) is 68.0 Å². The van der Waals surface area contributed by atoms with Crippen LogP contribution in [0.25, 0.3) is 0 Å². The van der Waals surface area contributed by atoms with Gasteiger partial charge in [0.15, 0.2) is 8.32 Å². The fourth-order valence-electron chi connectivity index (χ4n) is 4.88. The molecule has 29 heavy (non-hydrogen) atoms. The highest BCUT2D eigenvalue weighted by Gasteiger charge is 2.45. The third-order valence-corrected chi connectivity index (χ3v) is 12.3. The molecule has 2 heteroatoms. The van der Waals surface area contributed by atoms with Crippen LogP contribution in [0.3, 0.4) is 0 Å². The van der Waals surface area contributed by atoms with Gasteiger partial charge in [0.2, 0.25) is 0 Å². The number of allylic oxidation sites excluding steroid dienone is 1. The summed E-state index contributed by atoms with van der Waals surface area (Å²) in [5.74, 6) is 10.2. The maximum Gasteiger partial charge on any atom is 0.192 e. The molecule has 5 atom stereocenters. The fraction of sp³-hybridized carbons (Fsp3) is 0.852. The normalized spacial score (nSPS) is 28.0. The third kappa shape index (κ3) is 7.00. The molecule has 2 saturated carbocycles. The smallest absolute Gasteiger partial charge is 0.192 e. The molecule has 0 amide bonds. The molecule has 2 aliphatic rings. The highest BCUT2D eigenvalue weighted by Crippen LogP contribution is 2.52. The van der Waals surface area contributed by atoms with Crippen molar-refractivity contribution in [3.63, 3.8) is 0 Å². The largest absolute Gasteiger partial charge is 0.411 e. The Morgan fingerprint density at radius 2 is 1.72 bits per heavy atom. The summed E-state index contributed by atoms with van der Waals surface area (Å²) in [6, 6.07) is 0. The molecule has 0 aliphatic heterocycles. The van der Waals surface area contributed by atoms with E-state index >= 15 is 0 Å². The lowest BCUT2D eigenvalue weighted by atomic mass is 9.79. The van der Waals surface area contributed by atoms with Crippen LogP contribution in [0.1, 0.15) is 98.8 Å². The van der Waals surface area contributed by atoms with E-state index in [-0.39, 0.29) is 11.1 Å². The van der Waals surface area contributed by atoms with Gasteiger partial charge in [0, 0.05) is 12.3 Å². The average molecular weight is 417 g/mol. The summed E-state index contributed by atoms with van der Waals surface area (Å²) < 4.78 is 6.85. The van der Waals surface area contributed by atoms with Crippen LogP contribution in [-0.4, -0.2) is 14.4 Å². The zero-order valence-electron chi connectivity index (χ0n) is 20.5. The Morgan fingerprint density at radius 1 is 1.03 bits per heavy atom. The zero-order valence-corrected chi connectivity index (χ0v) is 21.5. The molecule has 1 nitrogen and oxygen atoms in total. The first-order valence-corrected chi connectivity index (χ1v) is 15.4. The van der Waals surface area contributed by atoms with E-state index in [0.717, 1.165) is 18.3 Å². The van der Waals surface area contributed by atoms with Crippen LogP contribution < -0.4 is 0 Å². The lowest BCUT2D eigenvalue weighted by Crippen LogP contribution is -2.43. The standard InChI is InChI=1S/C27H48OSi/c1-8-10-12-14-16-25-22-17-18-23(21-22)26(25)20-19-24(15-13-11-9-2)28-29(6,7)27(3,4)5/h19-20,22-26H,8-13,15,17-18,21H2,1-7H3/b20-19+. The second-order valence-corrected chi connectivity index (χ2v) is 15.9. The van der Waals surface area contributed by atoms with Crippen molar-refractivity contribution in [3.05, 3.63) is 12.2 Å². The van der Waals surface area contributed by atoms with E-state index in [1.807, 2.05) is 0 Å². The van der Waals surface area contributed by atoms with Gasteiger partial charge in [-0.15, -0.1) is 5.92 Å². The number of hydrogen-bond acceptors (Lipinski definition) is 1. The molecule has 0 saturated heterocycles. The first-order chi connectivity index (χ1) is 13.7. The first-order valence-electron chi connectivity index (χ1n) is 12.5. The molecule has 0 aromatic carbocycles. The molecular weight excluding hydrogens is 368 g/mol. The van der Waals surface area contributed by atoms with Crippen LogP contribution in [0.4, 0.5) is 0 Å². The Hall–Kier alpha value is -0.523. The molecule has 2 fully saturated rings. The van der Waals surface area contributed by atoms with Gasteiger partial charge in [0.1, 0.15) is 0 Å². The molecule has 0 N–H and O–H groups in total. The predicted octanol–water partition coefficient (Wildman–Crippen LogP) is 8.37. The Morgan fingerprint density at radius 3 is 2.38 bits per heavy atom. The SMILES string of the molecule is CCCCC#CC1C2CCC(C2)C1/C=C/C(CCCCC)O[Si](C)(C)C(C)(C)C. The topological polar surface area (TPSA) is 9.23 Å². The molecule has 166 valence electrons. The van der Waals surface area contributed by atoms with Gasteiger partial charge in [-0.2, -0.15) is 0 Å². The molecule has 5 unspecified atom stereocenters. The Bertz CT molecular complexity index is 574. The second-order valence-electron chi connectivity index (χ2n) is 11.2. The number of fused-ring (bicyclic) bond motifs is 2. The molecule has 0 heterocycles. The van der Waals surface area contributed by atoms with Crippen molar-refractivity contribution < 1.29 is 4.43 Å². The average Bonchev–Trinajstić information content (AvgIpc) is 3.24. The molecular formula is C27H48OSi. The van der Waals surface area contributed by atoms with Crippen molar-refractivity contribution in [1.29, 1.82) is 0 Å². The summed E-state index contributed by atoms with van der Waals surface area (Å²) in [4.78, 5) is 0. The molecule has 0 radical (unpaired) electrons. The van der Waals surface area contributed by atoms with Crippen LogP contribution >= 0.6 is 0 Å². The number of hydrogen-bond donors (Lipinski definition) is 0. The lowest BCUT2D eigenvalue weighted by molar-refractivity contribution is 0.209. The number of rotatable bonds is 10. The molecule has 2 rings (SSSR count). The van der Waals surface area contributed by atoms with Crippen molar-refractivity contribution in [2.75, 3.05) is 0 Å². The summed E-state index contributed by atoms with van der Waals surface area (Å²) in [5, 5.41) is 0.267. The van der Waals surface area contributed by atoms with Crippen molar-refractivity contribution in [3.8, 4) is 11.8 Å². The molecule has 2 aliphatic carbocycles. The van der Waals surface area contributed by atoms with E-state index in [1.54, 1.807) is 0 Å². The van der Waals surface area contributed by atoms with Gasteiger partial charge in [0.25, 0.3) is 0 Å². The fourth-order valence-corrected chi connectivity index (χ4v) is 6.19. The van der Waals surface area contributed by atoms with Gasteiger partial charge >= 0.3 is 0 Å². The quantitative estimate of drug-likeness (QED) is 0.150. The number of unbranched alkanes of at least 4 members (excludes halogenated alkanes) is 4. The van der Waals surface area contributed by atoms with E-state index in [1.165, 1.54) is 57.8 Å². The Kier molecular flexibility index (Phi) is 9.55. The first kappa shape index (κ1) is 24.7. The molecule has 0 aromatic heterocycles.